The highest BCUT2D eigenvalue weighted by Crippen LogP contribution is 2.22. The third-order valence-electron chi connectivity index (χ3n) is 3.88. The standard InChI is InChI=1S/C19H14N4O4S2/c24-12-13(18-22-16-3-1-2-4-17(16)27-18)11-21-14-5-7-15(8-6-14)29(25,26)23-19-20-9-10-28-19/h1-12,21H,(H,20,23)/b13-11-. The van der Waals surface area contributed by atoms with Gasteiger partial charge in [-0.15, -0.1) is 11.3 Å². The van der Waals surface area contributed by atoms with Crippen molar-refractivity contribution in [3.8, 4) is 0 Å². The largest absolute Gasteiger partial charge is 0.436 e. The molecule has 2 heterocycles. The summed E-state index contributed by atoms with van der Waals surface area (Å²) in [4.78, 5) is 19.7. The summed E-state index contributed by atoms with van der Waals surface area (Å²) in [5.41, 5.74) is 2.05. The van der Waals surface area contributed by atoms with Gasteiger partial charge in [0.05, 0.1) is 10.5 Å². The summed E-state index contributed by atoms with van der Waals surface area (Å²) in [6, 6.07) is 13.3. The molecule has 0 aliphatic carbocycles. The number of aromatic nitrogens is 2. The molecule has 2 aromatic heterocycles. The van der Waals surface area contributed by atoms with Crippen LogP contribution in [0.5, 0.6) is 0 Å². The zero-order valence-corrected chi connectivity index (χ0v) is 16.4. The maximum Gasteiger partial charge on any atom is 0.263 e. The van der Waals surface area contributed by atoms with Crippen molar-refractivity contribution in [1.82, 2.24) is 9.97 Å². The Morgan fingerprint density at radius 3 is 2.59 bits per heavy atom. The highest BCUT2D eigenvalue weighted by atomic mass is 32.2. The molecule has 2 N–H and O–H groups in total. The number of fused-ring (bicyclic) bond motifs is 1. The summed E-state index contributed by atoms with van der Waals surface area (Å²) >= 11 is 1.19. The first kappa shape index (κ1) is 18.8. The Hall–Kier alpha value is -3.50. The van der Waals surface area contributed by atoms with Crippen molar-refractivity contribution in [3.05, 3.63) is 72.2 Å². The fraction of sp³-hybridized carbons (Fsp3) is 0. The number of oxazole rings is 1. The molecule has 0 spiro atoms. The first-order valence-electron chi connectivity index (χ1n) is 8.35. The second kappa shape index (κ2) is 7.86. The molecule has 0 bridgehead atoms. The molecule has 8 nitrogen and oxygen atoms in total. The van der Waals surface area contributed by atoms with Gasteiger partial charge in [0, 0.05) is 23.5 Å². The van der Waals surface area contributed by atoms with Gasteiger partial charge in [0.15, 0.2) is 17.0 Å². The minimum absolute atomic E-state index is 0.0943. The van der Waals surface area contributed by atoms with E-state index >= 15 is 0 Å². The minimum atomic E-state index is -3.72. The predicted octanol–water partition coefficient (Wildman–Crippen LogP) is 3.74. The number of carbonyl (C=O) groups excluding carboxylic acids is 1. The number of aldehydes is 1. The fourth-order valence-corrected chi connectivity index (χ4v) is 4.27. The Balaban J connectivity index is 1.51. The molecule has 4 aromatic rings. The molecule has 0 radical (unpaired) electrons. The number of para-hydroxylation sites is 2. The summed E-state index contributed by atoms with van der Waals surface area (Å²) in [5.74, 6) is 0.195. The van der Waals surface area contributed by atoms with Gasteiger partial charge in [-0.05, 0) is 36.4 Å². The van der Waals surface area contributed by atoms with Crippen LogP contribution in [0.1, 0.15) is 5.89 Å². The number of nitrogens with one attached hydrogen (secondary N) is 2. The van der Waals surface area contributed by atoms with Crippen LogP contribution in [0.15, 0.2) is 75.6 Å². The van der Waals surface area contributed by atoms with E-state index in [4.69, 9.17) is 4.42 Å². The molecule has 0 saturated carbocycles. The van der Waals surface area contributed by atoms with Gasteiger partial charge in [-0.2, -0.15) is 0 Å². The molecule has 0 aliphatic heterocycles. The molecule has 10 heteroatoms. The zero-order valence-electron chi connectivity index (χ0n) is 14.8. The van der Waals surface area contributed by atoms with Crippen LogP contribution < -0.4 is 10.0 Å². The lowest BCUT2D eigenvalue weighted by molar-refractivity contribution is -0.103. The number of thiazole rings is 1. The van der Waals surface area contributed by atoms with Crippen LogP contribution in [0.4, 0.5) is 10.8 Å². The van der Waals surface area contributed by atoms with E-state index in [1.807, 2.05) is 12.1 Å². The first-order valence-corrected chi connectivity index (χ1v) is 10.7. The monoisotopic (exact) mass is 426 g/mol. The lowest BCUT2D eigenvalue weighted by Gasteiger charge is -2.06. The van der Waals surface area contributed by atoms with E-state index in [0.717, 1.165) is 0 Å². The van der Waals surface area contributed by atoms with Gasteiger partial charge in [0.1, 0.15) is 5.52 Å². The summed E-state index contributed by atoms with van der Waals surface area (Å²) in [6.07, 6.45) is 3.60. The summed E-state index contributed by atoms with van der Waals surface area (Å²) in [7, 11) is -3.72. The van der Waals surface area contributed by atoms with Crippen molar-refractivity contribution < 1.29 is 17.6 Å². The zero-order chi connectivity index (χ0) is 20.3. The average molecular weight is 426 g/mol. The quantitative estimate of drug-likeness (QED) is 0.342. The van der Waals surface area contributed by atoms with Crippen LogP contribution >= 0.6 is 11.3 Å². The molecular weight excluding hydrogens is 412 g/mol. The maximum atomic E-state index is 12.3. The number of benzene rings is 2. The molecule has 2 aromatic carbocycles. The third kappa shape index (κ3) is 4.18. The van der Waals surface area contributed by atoms with Crippen LogP contribution in [-0.2, 0) is 14.8 Å². The topological polar surface area (TPSA) is 114 Å². The smallest absolute Gasteiger partial charge is 0.263 e. The van der Waals surface area contributed by atoms with Crippen LogP contribution in [0.3, 0.4) is 0 Å². The first-order chi connectivity index (χ1) is 14.0. The Labute approximate surface area is 170 Å². The van der Waals surface area contributed by atoms with Gasteiger partial charge in [-0.25, -0.2) is 18.4 Å². The summed E-state index contributed by atoms with van der Waals surface area (Å²) in [6.45, 7) is 0. The summed E-state index contributed by atoms with van der Waals surface area (Å²) < 4.78 is 32.7. The SMILES string of the molecule is O=C/C(=C/Nc1ccc(S(=O)(=O)Nc2nccs2)cc1)c1nc2ccccc2o1. The molecule has 0 aliphatic rings. The Morgan fingerprint density at radius 2 is 1.90 bits per heavy atom. The molecule has 146 valence electrons. The summed E-state index contributed by atoms with van der Waals surface area (Å²) in [5, 5.41) is 4.92. The molecule has 0 unspecified atom stereocenters. The highest BCUT2D eigenvalue weighted by Gasteiger charge is 2.15. The number of carbonyl (C=O) groups is 1. The second-order valence-corrected chi connectivity index (χ2v) is 8.39. The van der Waals surface area contributed by atoms with Gasteiger partial charge in [0.2, 0.25) is 5.89 Å². The van der Waals surface area contributed by atoms with E-state index < -0.39 is 10.0 Å². The van der Waals surface area contributed by atoms with Crippen molar-refractivity contribution in [2.24, 2.45) is 0 Å². The molecular formula is C19H14N4O4S2. The molecule has 0 amide bonds. The molecule has 0 fully saturated rings. The molecule has 29 heavy (non-hydrogen) atoms. The number of rotatable bonds is 7. The molecule has 0 saturated heterocycles. The Morgan fingerprint density at radius 1 is 1.10 bits per heavy atom. The average Bonchev–Trinajstić information content (AvgIpc) is 3.38. The fourth-order valence-electron chi connectivity index (χ4n) is 2.48. The van der Waals surface area contributed by atoms with E-state index in [1.165, 1.54) is 35.9 Å². The molecule has 4 rings (SSSR count). The van der Waals surface area contributed by atoms with Crippen molar-refractivity contribution in [3.63, 3.8) is 0 Å². The minimum Gasteiger partial charge on any atom is -0.436 e. The Bertz CT molecular complexity index is 1240. The van der Waals surface area contributed by atoms with Crippen molar-refractivity contribution in [1.29, 1.82) is 0 Å². The highest BCUT2D eigenvalue weighted by molar-refractivity contribution is 7.93. The van der Waals surface area contributed by atoms with E-state index in [-0.39, 0.29) is 16.4 Å². The number of hydrogen-bond donors (Lipinski definition) is 2. The van der Waals surface area contributed by atoms with Gasteiger partial charge < -0.3 is 9.73 Å². The van der Waals surface area contributed by atoms with E-state index in [1.54, 1.807) is 29.6 Å². The number of sulfonamides is 1. The Kier molecular flexibility index (Phi) is 5.10. The number of anilines is 2. The second-order valence-electron chi connectivity index (χ2n) is 5.82. The van der Waals surface area contributed by atoms with E-state index in [0.29, 0.717) is 28.2 Å². The van der Waals surface area contributed by atoms with Gasteiger partial charge >= 0.3 is 0 Å². The van der Waals surface area contributed by atoms with E-state index in [2.05, 4.69) is 20.0 Å². The van der Waals surface area contributed by atoms with Crippen molar-refractivity contribution >= 4 is 55.1 Å². The third-order valence-corrected chi connectivity index (χ3v) is 6.05. The number of nitrogens with zero attached hydrogens (tertiary/aromatic N) is 2. The number of allylic oxidation sites excluding steroid dienone is 1. The van der Waals surface area contributed by atoms with Crippen LogP contribution in [0.25, 0.3) is 16.7 Å². The van der Waals surface area contributed by atoms with Crippen LogP contribution in [0.2, 0.25) is 0 Å². The lowest BCUT2D eigenvalue weighted by Crippen LogP contribution is -2.12. The normalized spacial score (nSPS) is 12.1. The lowest BCUT2D eigenvalue weighted by atomic mass is 10.3. The van der Waals surface area contributed by atoms with Crippen molar-refractivity contribution in [2.45, 2.75) is 4.90 Å². The van der Waals surface area contributed by atoms with E-state index in [9.17, 15) is 13.2 Å². The predicted molar refractivity (Wildman–Crippen MR) is 111 cm³/mol. The van der Waals surface area contributed by atoms with Gasteiger partial charge in [-0.3, -0.25) is 9.52 Å². The number of hydrogen-bond acceptors (Lipinski definition) is 8. The van der Waals surface area contributed by atoms with Crippen molar-refractivity contribution in [2.75, 3.05) is 10.0 Å². The van der Waals surface area contributed by atoms with Crippen LogP contribution in [-0.4, -0.2) is 24.7 Å². The maximum absolute atomic E-state index is 12.3. The van der Waals surface area contributed by atoms with Gasteiger partial charge in [0.25, 0.3) is 10.0 Å². The molecule has 0 atom stereocenters. The van der Waals surface area contributed by atoms with Gasteiger partial charge in [-0.1, -0.05) is 12.1 Å². The van der Waals surface area contributed by atoms with Crippen LogP contribution in [0, 0.1) is 0 Å².